The van der Waals surface area contributed by atoms with E-state index in [9.17, 15) is 9.59 Å². The Morgan fingerprint density at radius 2 is 2.00 bits per heavy atom. The molecular formula is C14H17N7O2S. The lowest BCUT2D eigenvalue weighted by Gasteiger charge is -2.35. The summed E-state index contributed by atoms with van der Waals surface area (Å²) < 4.78 is 3.72. The molecule has 1 aliphatic rings. The largest absolute Gasteiger partial charge is 0.354 e. The summed E-state index contributed by atoms with van der Waals surface area (Å²) in [5.74, 6) is 0.533. The predicted molar refractivity (Wildman–Crippen MR) is 90.3 cm³/mol. The minimum Gasteiger partial charge on any atom is -0.354 e. The lowest BCUT2D eigenvalue weighted by Crippen LogP contribution is -2.50. The minimum atomic E-state index is -0.376. The molecule has 0 radical (unpaired) electrons. The van der Waals surface area contributed by atoms with E-state index in [2.05, 4.69) is 30.1 Å². The zero-order valence-electron chi connectivity index (χ0n) is 13.1. The molecule has 3 amide bonds. The number of pyridine rings is 1. The third-order valence-electron chi connectivity index (χ3n) is 3.69. The summed E-state index contributed by atoms with van der Waals surface area (Å²) >= 11 is 0.982. The molecule has 126 valence electrons. The predicted octanol–water partition coefficient (Wildman–Crippen LogP) is 0.647. The molecule has 3 rings (SSSR count). The van der Waals surface area contributed by atoms with Gasteiger partial charge in [0.2, 0.25) is 0 Å². The standard InChI is InChI=1S/C14H17N7O2S/c1-15-12(22)11-13(24-19-18-11)17-14(23)21-8-6-20(7-9-21)10-4-2-3-5-16-10/h2-5H,6-9H2,1H3,(H,15,22)(H,17,23). The van der Waals surface area contributed by atoms with Gasteiger partial charge in [-0.15, -0.1) is 5.10 Å². The molecule has 24 heavy (non-hydrogen) atoms. The minimum absolute atomic E-state index is 0.128. The second kappa shape index (κ2) is 7.21. The fourth-order valence-electron chi connectivity index (χ4n) is 2.40. The van der Waals surface area contributed by atoms with Gasteiger partial charge < -0.3 is 15.1 Å². The Labute approximate surface area is 142 Å². The van der Waals surface area contributed by atoms with Crippen LogP contribution in [0.4, 0.5) is 15.6 Å². The van der Waals surface area contributed by atoms with Crippen molar-refractivity contribution in [2.24, 2.45) is 0 Å². The number of nitrogens with zero attached hydrogens (tertiary/aromatic N) is 5. The molecule has 0 aliphatic carbocycles. The molecule has 0 bridgehead atoms. The average Bonchev–Trinajstić information content (AvgIpc) is 3.10. The first-order valence-corrected chi connectivity index (χ1v) is 8.22. The molecule has 0 unspecified atom stereocenters. The third-order valence-corrected chi connectivity index (χ3v) is 4.33. The highest BCUT2D eigenvalue weighted by Crippen LogP contribution is 2.19. The van der Waals surface area contributed by atoms with E-state index in [0.29, 0.717) is 31.2 Å². The van der Waals surface area contributed by atoms with Crippen LogP contribution in [0.25, 0.3) is 0 Å². The molecule has 0 saturated carbocycles. The molecule has 2 N–H and O–H groups in total. The first kappa shape index (κ1) is 16.1. The summed E-state index contributed by atoms with van der Waals surface area (Å²) in [4.78, 5) is 32.2. The maximum atomic E-state index is 12.4. The second-order valence-electron chi connectivity index (χ2n) is 5.12. The van der Waals surface area contributed by atoms with Crippen LogP contribution in [0.3, 0.4) is 0 Å². The van der Waals surface area contributed by atoms with Gasteiger partial charge in [-0.05, 0) is 12.1 Å². The number of rotatable bonds is 3. The normalized spacial score (nSPS) is 14.4. The number of carbonyl (C=O) groups is 2. The van der Waals surface area contributed by atoms with E-state index in [4.69, 9.17) is 0 Å². The average molecular weight is 347 g/mol. The van der Waals surface area contributed by atoms with Crippen LogP contribution in [-0.2, 0) is 0 Å². The highest BCUT2D eigenvalue weighted by molar-refractivity contribution is 7.10. The van der Waals surface area contributed by atoms with E-state index >= 15 is 0 Å². The number of piperazine rings is 1. The summed E-state index contributed by atoms with van der Waals surface area (Å²) in [7, 11) is 1.50. The molecule has 0 aromatic carbocycles. The van der Waals surface area contributed by atoms with Crippen LogP contribution in [0, 0.1) is 0 Å². The molecule has 10 heteroatoms. The highest BCUT2D eigenvalue weighted by atomic mass is 32.1. The number of carbonyl (C=O) groups excluding carboxylic acids is 2. The monoisotopic (exact) mass is 347 g/mol. The number of anilines is 2. The van der Waals surface area contributed by atoms with Gasteiger partial charge in [-0.1, -0.05) is 10.6 Å². The fourth-order valence-corrected chi connectivity index (χ4v) is 2.95. The molecular weight excluding hydrogens is 330 g/mol. The van der Waals surface area contributed by atoms with Crippen molar-refractivity contribution in [1.29, 1.82) is 0 Å². The van der Waals surface area contributed by atoms with Gasteiger partial charge in [0.05, 0.1) is 0 Å². The Bertz CT molecular complexity index is 713. The van der Waals surface area contributed by atoms with Gasteiger partial charge in [0, 0.05) is 51.0 Å². The summed E-state index contributed by atoms with van der Waals surface area (Å²) in [6.45, 7) is 2.55. The molecule has 1 saturated heterocycles. The quantitative estimate of drug-likeness (QED) is 0.845. The van der Waals surface area contributed by atoms with Crippen LogP contribution in [0.5, 0.6) is 0 Å². The molecule has 1 aliphatic heterocycles. The van der Waals surface area contributed by atoms with E-state index in [1.807, 2.05) is 18.2 Å². The summed E-state index contributed by atoms with van der Waals surface area (Å²) in [6, 6.07) is 5.51. The van der Waals surface area contributed by atoms with E-state index in [1.54, 1.807) is 11.1 Å². The Morgan fingerprint density at radius 3 is 2.67 bits per heavy atom. The van der Waals surface area contributed by atoms with Crippen molar-refractivity contribution in [1.82, 2.24) is 24.8 Å². The van der Waals surface area contributed by atoms with E-state index in [1.165, 1.54) is 7.05 Å². The lowest BCUT2D eigenvalue weighted by molar-refractivity contribution is 0.0959. The van der Waals surface area contributed by atoms with Crippen molar-refractivity contribution in [3.63, 3.8) is 0 Å². The SMILES string of the molecule is CNC(=O)c1nnsc1NC(=O)N1CCN(c2ccccn2)CC1. The molecule has 1 fully saturated rings. The molecule has 9 nitrogen and oxygen atoms in total. The van der Waals surface area contributed by atoms with Crippen molar-refractivity contribution in [2.45, 2.75) is 0 Å². The number of nitrogens with one attached hydrogen (secondary N) is 2. The zero-order valence-corrected chi connectivity index (χ0v) is 13.9. The van der Waals surface area contributed by atoms with Gasteiger partial charge in [-0.2, -0.15) is 0 Å². The van der Waals surface area contributed by atoms with Crippen molar-refractivity contribution < 1.29 is 9.59 Å². The smallest absolute Gasteiger partial charge is 0.322 e. The van der Waals surface area contributed by atoms with Gasteiger partial charge in [0.25, 0.3) is 5.91 Å². The Balaban J connectivity index is 1.58. The van der Waals surface area contributed by atoms with Crippen LogP contribution in [-0.4, -0.2) is 64.6 Å². The summed E-state index contributed by atoms with van der Waals surface area (Å²) in [5, 5.41) is 9.28. The summed E-state index contributed by atoms with van der Waals surface area (Å²) in [6.07, 6.45) is 1.76. The summed E-state index contributed by atoms with van der Waals surface area (Å²) in [5.41, 5.74) is 0.128. The van der Waals surface area contributed by atoms with E-state index in [0.717, 1.165) is 17.4 Å². The molecule has 2 aromatic heterocycles. The Hall–Kier alpha value is -2.75. The zero-order chi connectivity index (χ0) is 16.9. The lowest BCUT2D eigenvalue weighted by atomic mass is 10.3. The third kappa shape index (κ3) is 3.43. The molecule has 2 aromatic rings. The van der Waals surface area contributed by atoms with Crippen LogP contribution >= 0.6 is 11.5 Å². The topological polar surface area (TPSA) is 103 Å². The highest BCUT2D eigenvalue weighted by Gasteiger charge is 2.24. The first-order valence-electron chi connectivity index (χ1n) is 7.45. The van der Waals surface area contributed by atoms with Crippen molar-refractivity contribution in [3.8, 4) is 0 Å². The van der Waals surface area contributed by atoms with E-state index in [-0.39, 0.29) is 17.6 Å². The first-order chi connectivity index (χ1) is 11.7. The Kier molecular flexibility index (Phi) is 4.85. The van der Waals surface area contributed by atoms with Crippen molar-refractivity contribution in [3.05, 3.63) is 30.1 Å². The van der Waals surface area contributed by atoms with Crippen LogP contribution in [0.15, 0.2) is 24.4 Å². The van der Waals surface area contributed by atoms with Gasteiger partial charge in [-0.3, -0.25) is 10.1 Å². The van der Waals surface area contributed by atoms with Crippen LogP contribution < -0.4 is 15.5 Å². The number of hydrogen-bond donors (Lipinski definition) is 2. The molecule has 3 heterocycles. The number of amides is 3. The maximum Gasteiger partial charge on any atom is 0.322 e. The van der Waals surface area contributed by atoms with Gasteiger partial charge in [0.15, 0.2) is 10.7 Å². The van der Waals surface area contributed by atoms with Crippen molar-refractivity contribution in [2.75, 3.05) is 43.4 Å². The van der Waals surface area contributed by atoms with Crippen molar-refractivity contribution >= 4 is 34.3 Å². The van der Waals surface area contributed by atoms with Gasteiger partial charge >= 0.3 is 6.03 Å². The molecule has 0 spiro atoms. The number of hydrogen-bond acceptors (Lipinski definition) is 7. The van der Waals surface area contributed by atoms with E-state index < -0.39 is 0 Å². The Morgan fingerprint density at radius 1 is 1.21 bits per heavy atom. The maximum absolute atomic E-state index is 12.4. The number of aromatic nitrogens is 3. The van der Waals surface area contributed by atoms with Gasteiger partial charge in [0.1, 0.15) is 5.82 Å². The van der Waals surface area contributed by atoms with Gasteiger partial charge in [-0.25, -0.2) is 9.78 Å². The number of urea groups is 1. The van der Waals surface area contributed by atoms with Crippen LogP contribution in [0.1, 0.15) is 10.5 Å². The fraction of sp³-hybridized carbons (Fsp3) is 0.357. The molecule has 0 atom stereocenters. The van der Waals surface area contributed by atoms with Crippen LogP contribution in [0.2, 0.25) is 0 Å². The second-order valence-corrected chi connectivity index (χ2v) is 5.88.